The largest absolute Gasteiger partial charge is 0.573 e. The molecule has 0 amide bonds. The van der Waals surface area contributed by atoms with E-state index in [1.54, 1.807) is 10.9 Å². The lowest BCUT2D eigenvalue weighted by Gasteiger charge is -2.22. The number of hydrogen-bond acceptors (Lipinski definition) is 5. The van der Waals surface area contributed by atoms with Crippen LogP contribution in [0.3, 0.4) is 0 Å². The Morgan fingerprint density at radius 1 is 1.13 bits per heavy atom. The van der Waals surface area contributed by atoms with Crippen LogP contribution in [0.5, 0.6) is 5.75 Å². The lowest BCUT2D eigenvalue weighted by molar-refractivity contribution is -0.274. The van der Waals surface area contributed by atoms with Gasteiger partial charge in [0.05, 0.1) is 17.6 Å². The highest BCUT2D eigenvalue weighted by Gasteiger charge is 2.31. The second kappa shape index (κ2) is 10.7. The molecule has 0 saturated heterocycles. The number of rotatable bonds is 5. The first-order chi connectivity index (χ1) is 18.3. The van der Waals surface area contributed by atoms with Gasteiger partial charge in [-0.1, -0.05) is 48.1 Å². The number of azo groups is 1. The second-order valence-electron chi connectivity index (χ2n) is 8.73. The van der Waals surface area contributed by atoms with Crippen LogP contribution < -0.4 is 10.1 Å². The van der Waals surface area contributed by atoms with Gasteiger partial charge in [-0.25, -0.2) is 4.68 Å². The van der Waals surface area contributed by atoms with Crippen LogP contribution in [-0.2, 0) is 12.8 Å². The lowest BCUT2D eigenvalue weighted by atomic mass is 9.84. The summed E-state index contributed by atoms with van der Waals surface area (Å²) < 4.78 is 43.0. The second-order valence-corrected chi connectivity index (χ2v) is 9.11. The number of para-hydroxylation sites is 1. The fourth-order valence-corrected chi connectivity index (χ4v) is 4.67. The van der Waals surface area contributed by atoms with Gasteiger partial charge in [-0.15, -0.1) is 23.4 Å². The summed E-state index contributed by atoms with van der Waals surface area (Å²) in [7, 11) is 0. The van der Waals surface area contributed by atoms with Crippen molar-refractivity contribution < 1.29 is 17.9 Å². The summed E-state index contributed by atoms with van der Waals surface area (Å²) >= 11 is 5.32. The van der Waals surface area contributed by atoms with Crippen LogP contribution in [0, 0.1) is 0 Å². The minimum Gasteiger partial charge on any atom is -0.406 e. The molecule has 11 heteroatoms. The first-order valence-electron chi connectivity index (χ1n) is 12.0. The van der Waals surface area contributed by atoms with Crippen molar-refractivity contribution in [1.29, 1.82) is 0 Å². The molecule has 1 N–H and O–H groups in total. The average Bonchev–Trinajstić information content (AvgIpc) is 3.33. The van der Waals surface area contributed by atoms with Crippen molar-refractivity contribution in [2.24, 2.45) is 10.2 Å². The molecule has 0 unspecified atom stereocenters. The molecule has 1 aromatic heterocycles. The van der Waals surface area contributed by atoms with E-state index in [2.05, 4.69) is 37.5 Å². The molecule has 7 nitrogen and oxygen atoms in total. The molecule has 0 aliphatic heterocycles. The van der Waals surface area contributed by atoms with Gasteiger partial charge < -0.3 is 10.1 Å². The normalized spacial score (nSPS) is 16.1. The molecule has 0 spiro atoms. The SMILES string of the molecule is CCc1ccccc1NC(=S)N=NC=C1C=CC2=C(CCc3c2nnn3-c2ccc(OC(F)(F)F)cc2)C1. The van der Waals surface area contributed by atoms with Gasteiger partial charge in [0.15, 0.2) is 0 Å². The number of nitrogens with zero attached hydrogens (tertiary/aromatic N) is 5. The molecule has 2 aliphatic rings. The van der Waals surface area contributed by atoms with Crippen LogP contribution >= 0.6 is 12.2 Å². The quantitative estimate of drug-likeness (QED) is 0.278. The zero-order chi connectivity index (χ0) is 26.7. The zero-order valence-corrected chi connectivity index (χ0v) is 21.2. The van der Waals surface area contributed by atoms with E-state index in [0.717, 1.165) is 46.6 Å². The maximum absolute atomic E-state index is 12.5. The number of halogens is 3. The molecular weight excluding hydrogens is 513 g/mol. The zero-order valence-electron chi connectivity index (χ0n) is 20.4. The van der Waals surface area contributed by atoms with E-state index in [0.29, 0.717) is 23.6 Å². The fraction of sp³-hybridized carbons (Fsp3) is 0.222. The topological polar surface area (TPSA) is 76.7 Å². The first kappa shape index (κ1) is 25.5. The van der Waals surface area contributed by atoms with Gasteiger partial charge in [0, 0.05) is 11.3 Å². The Morgan fingerprint density at radius 3 is 2.68 bits per heavy atom. The number of nitrogens with one attached hydrogen (secondary N) is 1. The van der Waals surface area contributed by atoms with Crippen molar-refractivity contribution in [2.45, 2.75) is 39.0 Å². The molecule has 2 aromatic carbocycles. The van der Waals surface area contributed by atoms with Crippen molar-refractivity contribution in [1.82, 2.24) is 15.0 Å². The van der Waals surface area contributed by atoms with Gasteiger partial charge in [0.2, 0.25) is 5.11 Å². The molecule has 194 valence electrons. The van der Waals surface area contributed by atoms with Crippen molar-refractivity contribution in [3.63, 3.8) is 0 Å². The standard InChI is InChI=1S/C27H23F3N6OS/c1-2-18-5-3-4-6-23(18)32-26(38)34-31-16-17-7-13-22-19(15-17)8-14-24-25(22)33-35-36(24)20-9-11-21(12-10-20)37-27(28,29)30/h3-7,9-13,16H,2,8,14-15H2,1H3,(H,32,38). The summed E-state index contributed by atoms with van der Waals surface area (Å²) in [6.45, 7) is 2.08. The Labute approximate surface area is 222 Å². The van der Waals surface area contributed by atoms with Gasteiger partial charge >= 0.3 is 6.36 Å². The number of anilines is 1. The fourth-order valence-electron chi connectivity index (χ4n) is 4.51. The van der Waals surface area contributed by atoms with E-state index >= 15 is 0 Å². The van der Waals surface area contributed by atoms with Crippen LogP contribution in [0.25, 0.3) is 11.3 Å². The molecular formula is C27H23F3N6OS. The van der Waals surface area contributed by atoms with E-state index < -0.39 is 6.36 Å². The number of ether oxygens (including phenoxy) is 1. The molecule has 3 aromatic rings. The highest BCUT2D eigenvalue weighted by Crippen LogP contribution is 2.38. The van der Waals surface area contributed by atoms with Crippen molar-refractivity contribution in [3.8, 4) is 11.4 Å². The molecule has 0 radical (unpaired) electrons. The van der Waals surface area contributed by atoms with Crippen molar-refractivity contribution in [2.75, 3.05) is 5.32 Å². The number of hydrogen-bond donors (Lipinski definition) is 1. The molecule has 0 atom stereocenters. The van der Waals surface area contributed by atoms with Crippen LogP contribution in [0.2, 0.25) is 0 Å². The van der Waals surface area contributed by atoms with Gasteiger partial charge in [-0.3, -0.25) is 0 Å². The molecule has 0 fully saturated rings. The maximum atomic E-state index is 12.5. The number of allylic oxidation sites excluding steroid dienone is 5. The van der Waals surface area contributed by atoms with E-state index in [4.69, 9.17) is 12.2 Å². The number of alkyl halides is 3. The summed E-state index contributed by atoms with van der Waals surface area (Å²) in [5, 5.41) is 20.3. The molecule has 38 heavy (non-hydrogen) atoms. The molecule has 0 saturated carbocycles. The summed E-state index contributed by atoms with van der Waals surface area (Å²) in [6.07, 6.45) is 4.03. The monoisotopic (exact) mass is 536 g/mol. The molecule has 2 aliphatic carbocycles. The summed E-state index contributed by atoms with van der Waals surface area (Å²) in [6, 6.07) is 13.5. The average molecular weight is 537 g/mol. The van der Waals surface area contributed by atoms with Crippen LogP contribution in [0.15, 0.2) is 88.3 Å². The Bertz CT molecular complexity index is 1490. The van der Waals surface area contributed by atoms with Crippen LogP contribution in [0.4, 0.5) is 18.9 Å². The summed E-state index contributed by atoms with van der Waals surface area (Å²) in [5.74, 6) is -0.283. The van der Waals surface area contributed by atoms with E-state index in [9.17, 15) is 13.2 Å². The van der Waals surface area contributed by atoms with E-state index in [-0.39, 0.29) is 5.75 Å². The highest BCUT2D eigenvalue weighted by atomic mass is 32.1. The summed E-state index contributed by atoms with van der Waals surface area (Å²) in [5.41, 5.74) is 7.61. The van der Waals surface area contributed by atoms with Gasteiger partial charge in [0.1, 0.15) is 11.4 Å². The number of aromatic nitrogens is 3. The summed E-state index contributed by atoms with van der Waals surface area (Å²) in [4.78, 5) is 0. The number of thiocarbonyl (C=S) groups is 1. The van der Waals surface area contributed by atoms with Gasteiger partial charge in [-0.05, 0) is 79.4 Å². The third-order valence-corrected chi connectivity index (χ3v) is 6.45. The maximum Gasteiger partial charge on any atom is 0.573 e. The van der Waals surface area contributed by atoms with Gasteiger partial charge in [0.25, 0.3) is 0 Å². The third-order valence-electron chi connectivity index (χ3n) is 6.27. The first-order valence-corrected chi connectivity index (χ1v) is 12.4. The van der Waals surface area contributed by atoms with E-state index in [1.165, 1.54) is 29.8 Å². The predicted molar refractivity (Wildman–Crippen MR) is 142 cm³/mol. The van der Waals surface area contributed by atoms with Crippen molar-refractivity contribution in [3.05, 3.63) is 95.0 Å². The van der Waals surface area contributed by atoms with Crippen molar-refractivity contribution >= 4 is 28.6 Å². The third kappa shape index (κ3) is 5.72. The Kier molecular flexibility index (Phi) is 7.19. The van der Waals surface area contributed by atoms with Gasteiger partial charge in [-0.2, -0.15) is 5.11 Å². The molecule has 0 bridgehead atoms. The predicted octanol–water partition coefficient (Wildman–Crippen LogP) is 7.12. The molecule has 5 rings (SSSR count). The molecule has 1 heterocycles. The highest BCUT2D eigenvalue weighted by molar-refractivity contribution is 7.80. The van der Waals surface area contributed by atoms with E-state index in [1.807, 2.05) is 36.4 Å². The number of aryl methyl sites for hydroxylation is 1. The lowest BCUT2D eigenvalue weighted by Crippen LogP contribution is -2.17. The Balaban J connectivity index is 1.26. The Morgan fingerprint density at radius 2 is 1.92 bits per heavy atom. The Hall–Kier alpha value is -4.12. The minimum atomic E-state index is -4.73. The number of fused-ring (bicyclic) bond motifs is 2. The van der Waals surface area contributed by atoms with Crippen LogP contribution in [-0.4, -0.2) is 26.5 Å². The number of benzene rings is 2. The van der Waals surface area contributed by atoms with Crippen LogP contribution in [0.1, 0.15) is 36.7 Å². The smallest absolute Gasteiger partial charge is 0.406 e. The minimum absolute atomic E-state index is 0.283.